The molecule has 6 heteroatoms. The second-order valence-corrected chi connectivity index (χ2v) is 12.9. The average molecular weight is 631 g/mol. The van der Waals surface area contributed by atoms with Gasteiger partial charge in [-0.05, 0) is 126 Å². The number of benzene rings is 4. The SMILES string of the molecule is Cc1cc(C2(c3ccc(OCCO)c(C)c3)c3c(-c4ccsc4)cccc3-c3cccc(-c4ccsc4)c32)ccc1OCCO. The van der Waals surface area contributed by atoms with Crippen molar-refractivity contribution < 1.29 is 19.7 Å². The molecule has 1 aliphatic rings. The summed E-state index contributed by atoms with van der Waals surface area (Å²) in [7, 11) is 0. The molecule has 4 aromatic carbocycles. The molecule has 226 valence electrons. The maximum atomic E-state index is 9.45. The van der Waals surface area contributed by atoms with Crippen molar-refractivity contribution in [3.63, 3.8) is 0 Å². The van der Waals surface area contributed by atoms with Crippen molar-refractivity contribution in [3.8, 4) is 44.9 Å². The molecule has 0 spiro atoms. The number of ether oxygens (including phenoxy) is 2. The van der Waals surface area contributed by atoms with Crippen molar-refractivity contribution in [1.82, 2.24) is 0 Å². The van der Waals surface area contributed by atoms with Crippen molar-refractivity contribution in [2.75, 3.05) is 26.4 Å². The van der Waals surface area contributed by atoms with Crippen LogP contribution in [-0.2, 0) is 5.41 Å². The van der Waals surface area contributed by atoms with Crippen molar-refractivity contribution in [2.24, 2.45) is 0 Å². The molecule has 0 bridgehead atoms. The summed E-state index contributed by atoms with van der Waals surface area (Å²) in [6, 6.07) is 30.8. The molecular weight excluding hydrogens is 597 g/mol. The van der Waals surface area contributed by atoms with Crippen LogP contribution in [0.15, 0.2) is 106 Å². The predicted molar refractivity (Wildman–Crippen MR) is 185 cm³/mol. The number of aliphatic hydroxyl groups excluding tert-OH is 2. The van der Waals surface area contributed by atoms with E-state index in [1.807, 2.05) is 12.1 Å². The van der Waals surface area contributed by atoms with Gasteiger partial charge in [-0.25, -0.2) is 0 Å². The largest absolute Gasteiger partial charge is 0.491 e. The van der Waals surface area contributed by atoms with Gasteiger partial charge in [-0.2, -0.15) is 22.7 Å². The lowest BCUT2D eigenvalue weighted by molar-refractivity contribution is 0.200. The van der Waals surface area contributed by atoms with Crippen LogP contribution in [0.2, 0.25) is 0 Å². The number of hydrogen-bond donors (Lipinski definition) is 2. The summed E-state index contributed by atoms with van der Waals surface area (Å²) in [6.45, 7) is 4.57. The first kappa shape index (κ1) is 29.5. The number of aliphatic hydroxyl groups is 2. The van der Waals surface area contributed by atoms with Crippen LogP contribution in [0.4, 0.5) is 0 Å². The molecule has 0 amide bonds. The molecule has 0 saturated carbocycles. The van der Waals surface area contributed by atoms with Crippen LogP contribution in [0.3, 0.4) is 0 Å². The zero-order chi connectivity index (χ0) is 31.0. The van der Waals surface area contributed by atoms with E-state index in [-0.39, 0.29) is 26.4 Å². The van der Waals surface area contributed by atoms with Gasteiger partial charge in [0.2, 0.25) is 0 Å². The third kappa shape index (κ3) is 4.89. The summed E-state index contributed by atoms with van der Waals surface area (Å²) in [6.07, 6.45) is 0. The fourth-order valence-electron chi connectivity index (χ4n) is 6.95. The first-order chi connectivity index (χ1) is 22.1. The van der Waals surface area contributed by atoms with Crippen LogP contribution in [0.25, 0.3) is 33.4 Å². The van der Waals surface area contributed by atoms with E-state index >= 15 is 0 Å². The number of fused-ring (bicyclic) bond motifs is 3. The van der Waals surface area contributed by atoms with E-state index < -0.39 is 5.41 Å². The monoisotopic (exact) mass is 630 g/mol. The normalized spacial score (nSPS) is 13.0. The Labute approximate surface area is 271 Å². The van der Waals surface area contributed by atoms with Gasteiger partial charge < -0.3 is 19.7 Å². The smallest absolute Gasteiger partial charge is 0.122 e. The molecule has 1 aliphatic carbocycles. The summed E-state index contributed by atoms with van der Waals surface area (Å²) < 4.78 is 11.9. The third-order valence-electron chi connectivity index (χ3n) is 8.75. The lowest BCUT2D eigenvalue weighted by Gasteiger charge is -2.37. The molecule has 2 aromatic heterocycles. The fourth-order valence-corrected chi connectivity index (χ4v) is 8.26. The van der Waals surface area contributed by atoms with Crippen LogP contribution in [-0.4, -0.2) is 36.6 Å². The van der Waals surface area contributed by atoms with Crippen LogP contribution >= 0.6 is 22.7 Å². The summed E-state index contributed by atoms with van der Waals surface area (Å²) in [5.41, 5.74) is 13.4. The van der Waals surface area contributed by atoms with Crippen LogP contribution in [0.1, 0.15) is 33.4 Å². The number of thiophene rings is 2. The van der Waals surface area contributed by atoms with Crippen LogP contribution in [0.5, 0.6) is 11.5 Å². The minimum Gasteiger partial charge on any atom is -0.491 e. The lowest BCUT2D eigenvalue weighted by atomic mass is 9.64. The fraction of sp³-hybridized carbons (Fsp3) is 0.179. The van der Waals surface area contributed by atoms with E-state index in [1.165, 1.54) is 44.5 Å². The van der Waals surface area contributed by atoms with Crippen molar-refractivity contribution in [1.29, 1.82) is 0 Å². The Morgan fingerprint density at radius 3 is 1.40 bits per heavy atom. The van der Waals surface area contributed by atoms with E-state index in [9.17, 15) is 10.2 Å². The second-order valence-electron chi connectivity index (χ2n) is 11.3. The van der Waals surface area contributed by atoms with Gasteiger partial charge in [-0.3, -0.25) is 0 Å². The molecule has 7 rings (SSSR count). The molecule has 0 radical (unpaired) electrons. The predicted octanol–water partition coefficient (Wildman–Crippen LogP) is 8.87. The Morgan fingerprint density at radius 1 is 0.578 bits per heavy atom. The Balaban J connectivity index is 1.63. The standard InChI is InChI=1S/C39H34O4S2/c1-25-21-29(9-11-35(25)42-17-15-40)39(30-10-12-36(26(2)22-30)43-18-16-41)37-31(27-13-19-44-23-27)5-3-7-33(37)34-8-4-6-32(38(34)39)28-14-20-45-24-28/h3-14,19-24,40-41H,15-18H2,1-2H3. The first-order valence-electron chi connectivity index (χ1n) is 15.1. The van der Waals surface area contributed by atoms with Gasteiger partial charge in [0.1, 0.15) is 24.7 Å². The van der Waals surface area contributed by atoms with Gasteiger partial charge in [-0.1, -0.05) is 60.7 Å². The molecule has 6 aromatic rings. The van der Waals surface area contributed by atoms with E-state index in [4.69, 9.17) is 9.47 Å². The number of aryl methyl sites for hydroxylation is 2. The summed E-state index contributed by atoms with van der Waals surface area (Å²) >= 11 is 3.42. The number of hydrogen-bond acceptors (Lipinski definition) is 6. The summed E-state index contributed by atoms with van der Waals surface area (Å²) in [5.74, 6) is 1.53. The summed E-state index contributed by atoms with van der Waals surface area (Å²) in [4.78, 5) is 0. The maximum Gasteiger partial charge on any atom is 0.122 e. The topological polar surface area (TPSA) is 58.9 Å². The maximum absolute atomic E-state index is 9.45. The van der Waals surface area contributed by atoms with Gasteiger partial charge in [0, 0.05) is 0 Å². The molecule has 45 heavy (non-hydrogen) atoms. The highest BCUT2D eigenvalue weighted by atomic mass is 32.1. The van der Waals surface area contributed by atoms with Gasteiger partial charge >= 0.3 is 0 Å². The molecule has 4 nitrogen and oxygen atoms in total. The van der Waals surface area contributed by atoms with Gasteiger partial charge in [-0.15, -0.1) is 0 Å². The minimum atomic E-state index is -0.678. The van der Waals surface area contributed by atoms with Gasteiger partial charge in [0.05, 0.1) is 18.6 Å². The van der Waals surface area contributed by atoms with Crippen molar-refractivity contribution in [3.05, 3.63) is 140 Å². The quantitative estimate of drug-likeness (QED) is 0.159. The van der Waals surface area contributed by atoms with E-state index in [2.05, 4.69) is 108 Å². The second kappa shape index (κ2) is 12.3. The number of rotatable bonds is 10. The molecule has 0 saturated heterocycles. The molecule has 0 unspecified atom stereocenters. The van der Waals surface area contributed by atoms with Gasteiger partial charge in [0.15, 0.2) is 0 Å². The zero-order valence-electron chi connectivity index (χ0n) is 25.2. The van der Waals surface area contributed by atoms with E-state index in [0.29, 0.717) is 0 Å². The molecule has 0 atom stereocenters. The van der Waals surface area contributed by atoms with Gasteiger partial charge in [0.25, 0.3) is 0 Å². The van der Waals surface area contributed by atoms with Crippen LogP contribution < -0.4 is 9.47 Å². The van der Waals surface area contributed by atoms with Crippen LogP contribution in [0, 0.1) is 13.8 Å². The van der Waals surface area contributed by atoms with E-state index in [1.54, 1.807) is 22.7 Å². The molecule has 2 heterocycles. The molecule has 2 N–H and O–H groups in total. The highest BCUT2D eigenvalue weighted by molar-refractivity contribution is 7.08. The Morgan fingerprint density at radius 2 is 1.02 bits per heavy atom. The highest BCUT2D eigenvalue weighted by Gasteiger charge is 2.49. The Hall–Kier alpha value is -4.20. The lowest BCUT2D eigenvalue weighted by Crippen LogP contribution is -2.30. The molecular formula is C39H34O4S2. The average Bonchev–Trinajstić information content (AvgIpc) is 3.84. The Kier molecular flexibility index (Phi) is 8.06. The summed E-state index contributed by atoms with van der Waals surface area (Å²) in [5, 5.41) is 27.7. The molecule has 0 fully saturated rings. The first-order valence-corrected chi connectivity index (χ1v) is 17.0. The zero-order valence-corrected chi connectivity index (χ0v) is 26.9. The van der Waals surface area contributed by atoms with E-state index in [0.717, 1.165) is 33.8 Å². The Bertz CT molecular complexity index is 1810. The highest BCUT2D eigenvalue weighted by Crippen LogP contribution is 2.61. The molecule has 0 aliphatic heterocycles. The third-order valence-corrected chi connectivity index (χ3v) is 10.1. The van der Waals surface area contributed by atoms with Crippen molar-refractivity contribution in [2.45, 2.75) is 19.3 Å². The van der Waals surface area contributed by atoms with Crippen molar-refractivity contribution >= 4 is 22.7 Å². The minimum absolute atomic E-state index is 0.0378.